The Morgan fingerprint density at radius 2 is 1.86 bits per heavy atom. The van der Waals surface area contributed by atoms with Crippen molar-refractivity contribution in [2.24, 2.45) is 5.73 Å². The van der Waals surface area contributed by atoms with E-state index in [-0.39, 0.29) is 24.2 Å². The lowest BCUT2D eigenvalue weighted by molar-refractivity contribution is -0.117. The third-order valence-corrected chi connectivity index (χ3v) is 3.39. The van der Waals surface area contributed by atoms with Gasteiger partial charge in [-0.15, -0.1) is 0 Å². The lowest BCUT2D eigenvalue weighted by Gasteiger charge is -2.21. The average molecular weight is 286 g/mol. The van der Waals surface area contributed by atoms with Crippen LogP contribution in [0.4, 0.5) is 10.1 Å². The number of para-hydroxylation sites is 1. The molecule has 0 spiro atoms. The van der Waals surface area contributed by atoms with Gasteiger partial charge in [0.2, 0.25) is 5.91 Å². The van der Waals surface area contributed by atoms with Gasteiger partial charge in [0.25, 0.3) is 0 Å². The van der Waals surface area contributed by atoms with Crippen LogP contribution in [-0.4, -0.2) is 5.91 Å². The fourth-order valence-corrected chi connectivity index (χ4v) is 2.31. The van der Waals surface area contributed by atoms with Crippen LogP contribution in [0, 0.1) is 5.82 Å². The molecule has 1 atom stereocenters. The van der Waals surface area contributed by atoms with Crippen molar-refractivity contribution >= 4 is 11.6 Å². The number of benzene rings is 2. The monoisotopic (exact) mass is 286 g/mol. The molecule has 0 aliphatic carbocycles. The molecule has 0 radical (unpaired) electrons. The number of primary amides is 1. The Kier molecular flexibility index (Phi) is 4.93. The van der Waals surface area contributed by atoms with Crippen molar-refractivity contribution in [1.82, 2.24) is 0 Å². The predicted octanol–water partition coefficient (Wildman–Crippen LogP) is 3.42. The molecule has 0 bridgehead atoms. The van der Waals surface area contributed by atoms with Gasteiger partial charge in [-0.1, -0.05) is 37.3 Å². The molecule has 0 saturated heterocycles. The molecule has 3 nitrogen and oxygen atoms in total. The van der Waals surface area contributed by atoms with Crippen LogP contribution >= 0.6 is 0 Å². The van der Waals surface area contributed by atoms with Crippen LogP contribution in [0.3, 0.4) is 0 Å². The molecule has 0 aliphatic heterocycles. The zero-order chi connectivity index (χ0) is 15.2. The zero-order valence-electron chi connectivity index (χ0n) is 12.0. The maximum absolute atomic E-state index is 13.0. The molecule has 1 amide bonds. The first-order valence-electron chi connectivity index (χ1n) is 6.98. The molecule has 0 saturated carbocycles. The van der Waals surface area contributed by atoms with Crippen molar-refractivity contribution in [2.75, 3.05) is 5.32 Å². The summed E-state index contributed by atoms with van der Waals surface area (Å²) in [4.78, 5) is 11.1. The number of nitrogens with two attached hydrogens (primary N) is 1. The van der Waals surface area contributed by atoms with Crippen LogP contribution in [0.2, 0.25) is 0 Å². The summed E-state index contributed by atoms with van der Waals surface area (Å²) in [6.07, 6.45) is 1.04. The molecular weight excluding hydrogens is 267 g/mol. The molecule has 3 N–H and O–H groups in total. The highest BCUT2D eigenvalue weighted by molar-refractivity contribution is 5.78. The van der Waals surface area contributed by atoms with Crippen LogP contribution in [0.25, 0.3) is 0 Å². The van der Waals surface area contributed by atoms with E-state index < -0.39 is 0 Å². The number of nitrogens with one attached hydrogen (secondary N) is 1. The largest absolute Gasteiger partial charge is 0.378 e. The standard InChI is InChI=1S/C17H19FN2O/c1-2-15(12-7-9-14(18)10-8-12)20-16-6-4-3-5-13(16)11-17(19)21/h3-10,15,20H,2,11H2,1H3,(H2,19,21). The zero-order valence-corrected chi connectivity index (χ0v) is 12.0. The van der Waals surface area contributed by atoms with Crippen molar-refractivity contribution < 1.29 is 9.18 Å². The van der Waals surface area contributed by atoms with Crippen LogP contribution in [0.1, 0.15) is 30.5 Å². The van der Waals surface area contributed by atoms with Gasteiger partial charge >= 0.3 is 0 Å². The molecule has 0 aliphatic rings. The van der Waals surface area contributed by atoms with Gasteiger partial charge in [-0.2, -0.15) is 0 Å². The highest BCUT2D eigenvalue weighted by atomic mass is 19.1. The Morgan fingerprint density at radius 1 is 1.19 bits per heavy atom. The van der Waals surface area contributed by atoms with E-state index in [1.165, 1.54) is 12.1 Å². The molecular formula is C17H19FN2O. The summed E-state index contributed by atoms with van der Waals surface area (Å²) in [7, 11) is 0. The minimum absolute atomic E-state index is 0.0552. The Bertz CT molecular complexity index is 610. The van der Waals surface area contributed by atoms with Crippen molar-refractivity contribution in [3.63, 3.8) is 0 Å². The number of anilines is 1. The number of amides is 1. The predicted molar refractivity (Wildman–Crippen MR) is 82.4 cm³/mol. The minimum atomic E-state index is -0.362. The molecule has 2 aromatic carbocycles. The number of carbonyl (C=O) groups excluding carboxylic acids is 1. The molecule has 2 aromatic rings. The number of rotatable bonds is 6. The Labute approximate surface area is 124 Å². The van der Waals surface area contributed by atoms with E-state index in [0.29, 0.717) is 0 Å². The van der Waals surface area contributed by atoms with E-state index in [0.717, 1.165) is 23.2 Å². The summed E-state index contributed by atoms with van der Waals surface area (Å²) in [6, 6.07) is 14.1. The quantitative estimate of drug-likeness (QED) is 0.855. The summed E-state index contributed by atoms with van der Waals surface area (Å²) in [5, 5.41) is 3.41. The van der Waals surface area contributed by atoms with E-state index in [1.807, 2.05) is 24.3 Å². The smallest absolute Gasteiger partial charge is 0.221 e. The van der Waals surface area contributed by atoms with Gasteiger partial charge in [0, 0.05) is 5.69 Å². The molecule has 1 unspecified atom stereocenters. The SMILES string of the molecule is CCC(Nc1ccccc1CC(N)=O)c1ccc(F)cc1. The molecule has 0 fully saturated rings. The first-order chi connectivity index (χ1) is 10.1. The maximum atomic E-state index is 13.0. The third kappa shape index (κ3) is 4.05. The second-order valence-corrected chi connectivity index (χ2v) is 4.96. The van der Waals surface area contributed by atoms with Gasteiger partial charge in [-0.25, -0.2) is 4.39 Å². The Balaban J connectivity index is 2.22. The summed E-state index contributed by atoms with van der Waals surface area (Å²) in [6.45, 7) is 2.05. The summed E-state index contributed by atoms with van der Waals surface area (Å²) in [5.41, 5.74) is 8.03. The second-order valence-electron chi connectivity index (χ2n) is 4.96. The van der Waals surface area contributed by atoms with Crippen LogP contribution in [0.15, 0.2) is 48.5 Å². The Hall–Kier alpha value is -2.36. The number of halogens is 1. The highest BCUT2D eigenvalue weighted by Crippen LogP contribution is 2.25. The maximum Gasteiger partial charge on any atom is 0.221 e. The van der Waals surface area contributed by atoms with Crippen molar-refractivity contribution in [1.29, 1.82) is 0 Å². The van der Waals surface area contributed by atoms with Gasteiger partial charge in [-0.05, 0) is 35.7 Å². The summed E-state index contributed by atoms with van der Waals surface area (Å²) < 4.78 is 13.0. The van der Waals surface area contributed by atoms with E-state index in [1.54, 1.807) is 12.1 Å². The van der Waals surface area contributed by atoms with E-state index in [4.69, 9.17) is 5.73 Å². The number of hydrogen-bond acceptors (Lipinski definition) is 2. The minimum Gasteiger partial charge on any atom is -0.378 e. The van der Waals surface area contributed by atoms with Gasteiger partial charge in [-0.3, -0.25) is 4.79 Å². The number of carbonyl (C=O) groups is 1. The second kappa shape index (κ2) is 6.88. The number of hydrogen-bond donors (Lipinski definition) is 2. The fourth-order valence-electron chi connectivity index (χ4n) is 2.31. The Morgan fingerprint density at radius 3 is 2.48 bits per heavy atom. The molecule has 0 aromatic heterocycles. The lowest BCUT2D eigenvalue weighted by atomic mass is 10.0. The third-order valence-electron chi connectivity index (χ3n) is 3.39. The normalized spacial score (nSPS) is 11.9. The molecule has 4 heteroatoms. The van der Waals surface area contributed by atoms with Gasteiger partial charge in [0.05, 0.1) is 12.5 Å². The van der Waals surface area contributed by atoms with E-state index >= 15 is 0 Å². The van der Waals surface area contributed by atoms with Crippen LogP contribution < -0.4 is 11.1 Å². The average Bonchev–Trinajstić information content (AvgIpc) is 2.47. The van der Waals surface area contributed by atoms with Gasteiger partial charge in [0.15, 0.2) is 0 Å². The highest BCUT2D eigenvalue weighted by Gasteiger charge is 2.12. The van der Waals surface area contributed by atoms with Crippen molar-refractivity contribution in [3.8, 4) is 0 Å². The van der Waals surface area contributed by atoms with Crippen molar-refractivity contribution in [2.45, 2.75) is 25.8 Å². The molecule has 21 heavy (non-hydrogen) atoms. The summed E-state index contributed by atoms with van der Waals surface area (Å²) in [5.74, 6) is -0.609. The summed E-state index contributed by atoms with van der Waals surface area (Å²) >= 11 is 0. The van der Waals surface area contributed by atoms with Crippen LogP contribution in [-0.2, 0) is 11.2 Å². The van der Waals surface area contributed by atoms with Crippen molar-refractivity contribution in [3.05, 3.63) is 65.5 Å². The lowest BCUT2D eigenvalue weighted by Crippen LogP contribution is -2.16. The van der Waals surface area contributed by atoms with E-state index in [9.17, 15) is 9.18 Å². The molecule has 110 valence electrons. The van der Waals surface area contributed by atoms with Gasteiger partial charge in [0.1, 0.15) is 5.82 Å². The van der Waals surface area contributed by atoms with Crippen LogP contribution in [0.5, 0.6) is 0 Å². The molecule has 0 heterocycles. The molecule has 2 rings (SSSR count). The van der Waals surface area contributed by atoms with Gasteiger partial charge < -0.3 is 11.1 Å². The topological polar surface area (TPSA) is 55.1 Å². The first-order valence-corrected chi connectivity index (χ1v) is 6.98. The van der Waals surface area contributed by atoms with E-state index in [2.05, 4.69) is 12.2 Å². The first kappa shape index (κ1) is 15.0. The fraction of sp³-hybridized carbons (Fsp3) is 0.235.